The molecule has 0 radical (unpaired) electrons. The van der Waals surface area contributed by atoms with E-state index in [0.29, 0.717) is 38.2 Å². The Morgan fingerprint density at radius 2 is 1.35 bits per heavy atom. The average molecular weight is 819 g/mol. The Morgan fingerprint density at radius 1 is 0.815 bits per heavy atom. The van der Waals surface area contributed by atoms with Gasteiger partial charge in [0, 0.05) is 10.7 Å². The van der Waals surface area contributed by atoms with E-state index in [1.165, 1.54) is 24.3 Å². The highest BCUT2D eigenvalue weighted by molar-refractivity contribution is 7.90. The van der Waals surface area contributed by atoms with Crippen molar-refractivity contribution in [1.29, 1.82) is 0 Å². The number of hydrogen-bond donors (Lipinski definition) is 5. The van der Waals surface area contributed by atoms with Crippen LogP contribution in [0.2, 0.25) is 10.0 Å². The average Bonchev–Trinajstić information content (AvgIpc) is 3.12. The number of allylic oxidation sites excluding steroid dienone is 2. The maximum absolute atomic E-state index is 13.1. The van der Waals surface area contributed by atoms with Gasteiger partial charge < -0.3 is 19.9 Å². The van der Waals surface area contributed by atoms with E-state index in [4.69, 9.17) is 43.1 Å². The van der Waals surface area contributed by atoms with E-state index in [1.807, 2.05) is 36.1 Å². The summed E-state index contributed by atoms with van der Waals surface area (Å²) in [6.07, 6.45) is 2.42. The number of hydrogen-bond acceptors (Lipinski definition) is 14. The number of anilines is 4. The predicted octanol–water partition coefficient (Wildman–Crippen LogP) is 2.98. The van der Waals surface area contributed by atoms with E-state index in [9.17, 15) is 25.9 Å². The molecule has 0 amide bonds. The van der Waals surface area contributed by atoms with Gasteiger partial charge in [-0.2, -0.15) is 26.8 Å². The smallest absolute Gasteiger partial charge is 0.442 e. The lowest BCUT2D eigenvalue weighted by molar-refractivity contribution is -0.495. The Bertz CT molecular complexity index is 2550. The van der Waals surface area contributed by atoms with Gasteiger partial charge >= 0.3 is 17.8 Å². The molecule has 1 aromatic heterocycles. The zero-order chi connectivity index (χ0) is 38.1. The zero-order valence-corrected chi connectivity index (χ0v) is 30.9. The number of aromatic amines is 2. The summed E-state index contributed by atoms with van der Waals surface area (Å²) >= 11 is 13.5. The highest BCUT2D eigenvalue weighted by atomic mass is 35.5. The van der Waals surface area contributed by atoms with Crippen molar-refractivity contribution in [2.45, 2.75) is 19.1 Å². The van der Waals surface area contributed by atoms with Gasteiger partial charge in [-0.1, -0.05) is 40.9 Å². The lowest BCUT2D eigenvalue weighted by Gasteiger charge is -2.33. The Hall–Kier alpha value is -5.09. The van der Waals surface area contributed by atoms with Crippen LogP contribution >= 0.6 is 23.2 Å². The molecule has 8 N–H and O–H groups in total. The minimum Gasteiger partial charge on any atom is -0.474 e. The van der Waals surface area contributed by atoms with Gasteiger partial charge in [0.05, 0.1) is 43.4 Å². The summed E-state index contributed by atoms with van der Waals surface area (Å²) < 4.78 is 88.7. The van der Waals surface area contributed by atoms with Crippen molar-refractivity contribution in [2.24, 2.45) is 15.7 Å². The van der Waals surface area contributed by atoms with Crippen LogP contribution in [0.15, 0.2) is 79.8 Å². The number of H-pyrrole nitrogens is 2. The first-order chi connectivity index (χ1) is 25.7. The second-order valence-corrected chi connectivity index (χ2v) is 15.9. The Kier molecular flexibility index (Phi) is 8.87. The van der Waals surface area contributed by atoms with Crippen LogP contribution in [0.4, 0.5) is 34.9 Å². The fourth-order valence-corrected chi connectivity index (χ4v) is 8.41. The van der Waals surface area contributed by atoms with Gasteiger partial charge in [0.1, 0.15) is 32.0 Å². The third-order valence-electron chi connectivity index (χ3n) is 8.76. The lowest BCUT2D eigenvalue weighted by atomic mass is 10.0. The second-order valence-electron chi connectivity index (χ2n) is 12.4. The Morgan fingerprint density at radius 3 is 1.93 bits per heavy atom. The monoisotopic (exact) mass is 817 g/mol. The number of aryl methyl sites for hydroxylation is 1. The number of aromatic nitrogens is 3. The van der Waals surface area contributed by atoms with Gasteiger partial charge in [-0.05, 0) is 43.4 Å². The van der Waals surface area contributed by atoms with Crippen molar-refractivity contribution < 1.29 is 50.1 Å². The highest BCUT2D eigenvalue weighted by Crippen LogP contribution is 2.57. The number of nitrogens with one attached hydrogen (secondary N) is 4. The molecule has 2 aliphatic carbocycles. The van der Waals surface area contributed by atoms with Crippen LogP contribution in [0.25, 0.3) is 0 Å². The molecular formula is C32H29Cl2N9O9S2+2. The number of aliphatic imine (C=N–C) groups is 2. The molecule has 1 saturated heterocycles. The molecule has 18 nitrogen and oxygen atoms in total. The Labute approximate surface area is 317 Å². The summed E-state index contributed by atoms with van der Waals surface area (Å²) in [5.74, 6) is 0.564. The first-order valence-electron chi connectivity index (χ1n) is 16.1. The van der Waals surface area contributed by atoms with Crippen LogP contribution in [0.3, 0.4) is 0 Å². The minimum atomic E-state index is -5.01. The standard InChI is InChI=1S/C32H27Cl2N9O9S2/c1-14-2-4-15(5-3-14)36-30-40-31(42-32(41-30)43-10-12-50-13-11-43)39-19-9-8-18-25(29(19)54(47,48)49)52-27-21(34)22-26(20(33)23(27)38-18)51-24-17(37-22)7-6-16(35)28(24)53(44,45)46/h2-9,24-25H,10-13,35H2,1H3,(H,44,45,46)(H,47,48,49)(H2,36,39,40,41,42)/p+2. The number of halogens is 2. The summed E-state index contributed by atoms with van der Waals surface area (Å²) in [6.45, 7) is 4.05. The fourth-order valence-electron chi connectivity index (χ4n) is 6.24. The molecule has 3 aromatic rings. The fraction of sp³-hybridized carbons (Fsp3) is 0.219. The molecule has 280 valence electrons. The van der Waals surface area contributed by atoms with E-state index < -0.39 is 42.3 Å². The number of fused-ring (bicyclic) bond motifs is 4. The second kappa shape index (κ2) is 13.3. The zero-order valence-electron chi connectivity index (χ0n) is 27.8. The van der Waals surface area contributed by atoms with Crippen LogP contribution in [-0.2, 0) is 25.0 Å². The largest absolute Gasteiger partial charge is 0.474 e. The number of rotatable bonds is 7. The number of ether oxygens (including phenoxy) is 3. The molecule has 54 heavy (non-hydrogen) atoms. The summed E-state index contributed by atoms with van der Waals surface area (Å²) in [4.78, 5) is 20.6. The van der Waals surface area contributed by atoms with Gasteiger partial charge in [0.25, 0.3) is 20.2 Å². The first-order valence-corrected chi connectivity index (χ1v) is 19.7. The maximum Gasteiger partial charge on any atom is 0.442 e. The van der Waals surface area contributed by atoms with Gasteiger partial charge in [-0.25, -0.2) is 20.2 Å². The summed E-state index contributed by atoms with van der Waals surface area (Å²) in [7, 11) is -9.84. The van der Waals surface area contributed by atoms with Gasteiger partial charge in [-0.15, -0.1) is 0 Å². The van der Waals surface area contributed by atoms with E-state index in [1.54, 1.807) is 0 Å². The van der Waals surface area contributed by atoms with Gasteiger partial charge in [0.2, 0.25) is 0 Å². The van der Waals surface area contributed by atoms with Crippen molar-refractivity contribution in [3.05, 3.63) is 85.4 Å². The van der Waals surface area contributed by atoms with Crippen LogP contribution in [0.1, 0.15) is 5.56 Å². The maximum atomic E-state index is 13.1. The van der Waals surface area contributed by atoms with E-state index in [0.717, 1.165) is 11.3 Å². The van der Waals surface area contributed by atoms with Crippen molar-refractivity contribution in [3.63, 3.8) is 0 Å². The number of benzene rings is 2. The molecule has 2 unspecified atom stereocenters. The van der Waals surface area contributed by atoms with Crippen molar-refractivity contribution in [1.82, 2.24) is 4.98 Å². The third kappa shape index (κ3) is 6.54. The summed E-state index contributed by atoms with van der Waals surface area (Å²) in [6, 6.07) is 7.63. The first kappa shape index (κ1) is 35.9. The molecule has 5 aliphatic rings. The van der Waals surface area contributed by atoms with Crippen molar-refractivity contribution >= 4 is 89.8 Å². The SMILES string of the molecule is Cc1ccc(Nc2nc(NC3=C(S(=O)(=O)O)C4Oc5c(Cl)c6c(c(Cl)c5N=C4C=C3)OC3C(=N6)C=CC(N)=C3S(=O)(=O)O)[nH+]c(N3CCOCC3)[nH+]2)cc1. The third-order valence-corrected chi connectivity index (χ3v) is 11.5. The van der Waals surface area contributed by atoms with Gasteiger partial charge in [0.15, 0.2) is 28.6 Å². The molecule has 0 spiro atoms. The van der Waals surface area contributed by atoms with E-state index in [-0.39, 0.29) is 61.7 Å². The molecular weight excluding hydrogens is 789 g/mol. The molecule has 8 rings (SSSR count). The molecule has 1 fully saturated rings. The molecule has 0 bridgehead atoms. The number of morpholine rings is 1. The molecule has 0 saturated carbocycles. The molecule has 3 aliphatic heterocycles. The summed E-state index contributed by atoms with van der Waals surface area (Å²) in [5, 5.41) is 5.78. The number of nitrogens with zero attached hydrogens (tertiary/aromatic N) is 4. The van der Waals surface area contributed by atoms with E-state index >= 15 is 0 Å². The molecule has 22 heteroatoms. The normalized spacial score (nSPS) is 20.5. The quantitative estimate of drug-likeness (QED) is 0.215. The van der Waals surface area contributed by atoms with Crippen LogP contribution < -0.4 is 40.7 Å². The highest BCUT2D eigenvalue weighted by Gasteiger charge is 2.44. The van der Waals surface area contributed by atoms with Crippen molar-refractivity contribution in [3.8, 4) is 11.5 Å². The van der Waals surface area contributed by atoms with Crippen molar-refractivity contribution in [2.75, 3.05) is 41.8 Å². The minimum absolute atomic E-state index is 0.0102. The van der Waals surface area contributed by atoms with Gasteiger partial charge in [-0.3, -0.25) is 14.4 Å². The van der Waals surface area contributed by atoms with E-state index in [2.05, 4.69) is 35.6 Å². The number of nitrogens with two attached hydrogens (primary N) is 1. The van der Waals surface area contributed by atoms with Crippen LogP contribution in [0, 0.1) is 6.92 Å². The molecule has 2 aromatic carbocycles. The lowest BCUT2D eigenvalue weighted by Crippen LogP contribution is -2.45. The molecule has 2 atom stereocenters. The molecule has 4 heterocycles. The topological polar surface area (TPSA) is 256 Å². The summed E-state index contributed by atoms with van der Waals surface area (Å²) in [5.41, 5.74) is 7.14. The predicted molar refractivity (Wildman–Crippen MR) is 198 cm³/mol. The Balaban J connectivity index is 1.18. The van der Waals surface area contributed by atoms with Crippen LogP contribution in [-0.4, -0.2) is 80.9 Å². The van der Waals surface area contributed by atoms with Crippen LogP contribution in [0.5, 0.6) is 11.5 Å².